The minimum Gasteiger partial charge on any atom is -0.453 e. The number of carbonyl (C=O) groups is 3. The fourth-order valence-electron chi connectivity index (χ4n) is 2.80. The normalized spacial score (nSPS) is 10.5. The van der Waals surface area contributed by atoms with Gasteiger partial charge in [0.25, 0.3) is 5.56 Å². The molecule has 0 atom stereocenters. The van der Waals surface area contributed by atoms with Gasteiger partial charge in [0, 0.05) is 23.1 Å². The molecule has 0 bridgehead atoms. The predicted octanol–water partition coefficient (Wildman–Crippen LogP) is 3.31. The molecule has 7 nitrogen and oxygen atoms in total. The molecule has 0 saturated heterocycles. The largest absolute Gasteiger partial charge is 0.453 e. The van der Waals surface area contributed by atoms with E-state index in [0.29, 0.717) is 28.4 Å². The van der Waals surface area contributed by atoms with E-state index in [2.05, 4.69) is 10.3 Å². The molecule has 0 spiro atoms. The number of Topliss-reactive ketones (excluding diaryl/α,β-unsaturated/α-hetero) is 1. The second kappa shape index (κ2) is 8.97. The Morgan fingerprint density at radius 3 is 2.48 bits per heavy atom. The Labute approximate surface area is 166 Å². The van der Waals surface area contributed by atoms with Gasteiger partial charge in [-0.3, -0.25) is 14.4 Å². The van der Waals surface area contributed by atoms with Gasteiger partial charge in [0.1, 0.15) is 5.69 Å². The summed E-state index contributed by atoms with van der Waals surface area (Å²) < 4.78 is 5.05. The molecule has 2 N–H and O–H groups in total. The summed E-state index contributed by atoms with van der Waals surface area (Å²) in [4.78, 5) is 50.6. The van der Waals surface area contributed by atoms with Gasteiger partial charge >= 0.3 is 5.97 Å². The number of amides is 1. The molecule has 2 aromatic carbocycles. The van der Waals surface area contributed by atoms with Gasteiger partial charge in [-0.1, -0.05) is 25.1 Å². The molecular weight excluding hydrogens is 372 g/mol. The van der Waals surface area contributed by atoms with Crippen LogP contribution in [0.15, 0.2) is 59.4 Å². The number of pyridine rings is 1. The first-order valence-corrected chi connectivity index (χ1v) is 9.20. The van der Waals surface area contributed by atoms with Gasteiger partial charge in [0.15, 0.2) is 12.4 Å². The molecule has 0 fully saturated rings. The van der Waals surface area contributed by atoms with Gasteiger partial charge in [-0.15, -0.1) is 0 Å². The lowest BCUT2D eigenvalue weighted by Crippen LogP contribution is -2.18. The Bertz CT molecular complexity index is 1120. The molecule has 0 saturated carbocycles. The standard InChI is InChI=1S/C22H20N2O5/c1-2-5-20(26)23-16-10-8-14(9-11-16)19(25)13-29-22(28)18-12-15-6-3-4-7-17(15)21(27)24-18/h3-4,6-12H,2,5,13H2,1H3,(H,23,26)(H,24,27). The highest BCUT2D eigenvalue weighted by atomic mass is 16.5. The zero-order chi connectivity index (χ0) is 20.8. The number of esters is 1. The summed E-state index contributed by atoms with van der Waals surface area (Å²) in [5.74, 6) is -1.28. The highest BCUT2D eigenvalue weighted by Crippen LogP contribution is 2.13. The van der Waals surface area contributed by atoms with Crippen LogP contribution < -0.4 is 10.9 Å². The number of nitrogens with one attached hydrogen (secondary N) is 2. The summed E-state index contributed by atoms with van der Waals surface area (Å²) in [5.41, 5.74) is 0.515. The number of aromatic amines is 1. The molecule has 0 aliphatic carbocycles. The third-order valence-electron chi connectivity index (χ3n) is 4.28. The van der Waals surface area contributed by atoms with E-state index in [-0.39, 0.29) is 11.6 Å². The number of ketones is 1. The van der Waals surface area contributed by atoms with Crippen LogP contribution in [0.1, 0.15) is 40.6 Å². The molecule has 29 heavy (non-hydrogen) atoms. The Balaban J connectivity index is 1.62. The van der Waals surface area contributed by atoms with Crippen LogP contribution in [0.5, 0.6) is 0 Å². The third kappa shape index (κ3) is 4.95. The summed E-state index contributed by atoms with van der Waals surface area (Å²) in [6, 6.07) is 14.7. The fraction of sp³-hybridized carbons (Fsp3) is 0.182. The van der Waals surface area contributed by atoms with Crippen molar-refractivity contribution in [2.45, 2.75) is 19.8 Å². The lowest BCUT2D eigenvalue weighted by atomic mass is 10.1. The van der Waals surface area contributed by atoms with Crippen molar-refractivity contribution in [1.82, 2.24) is 4.98 Å². The molecule has 0 aliphatic heterocycles. The van der Waals surface area contributed by atoms with Crippen molar-refractivity contribution in [1.29, 1.82) is 0 Å². The van der Waals surface area contributed by atoms with E-state index in [1.807, 2.05) is 6.92 Å². The van der Waals surface area contributed by atoms with Crippen molar-refractivity contribution < 1.29 is 19.1 Å². The smallest absolute Gasteiger partial charge is 0.355 e. The van der Waals surface area contributed by atoms with E-state index in [1.165, 1.54) is 6.07 Å². The van der Waals surface area contributed by atoms with Gasteiger partial charge in [-0.25, -0.2) is 4.79 Å². The molecule has 0 unspecified atom stereocenters. The van der Waals surface area contributed by atoms with Crippen LogP contribution in [0.4, 0.5) is 5.69 Å². The Hall–Kier alpha value is -3.74. The highest BCUT2D eigenvalue weighted by Gasteiger charge is 2.14. The van der Waals surface area contributed by atoms with E-state index >= 15 is 0 Å². The monoisotopic (exact) mass is 392 g/mol. The number of fused-ring (bicyclic) bond motifs is 1. The van der Waals surface area contributed by atoms with Crippen molar-refractivity contribution in [2.75, 3.05) is 11.9 Å². The first-order chi connectivity index (χ1) is 14.0. The first-order valence-electron chi connectivity index (χ1n) is 9.20. The topological polar surface area (TPSA) is 105 Å². The maximum atomic E-state index is 12.3. The van der Waals surface area contributed by atoms with Crippen LogP contribution in [0, 0.1) is 0 Å². The summed E-state index contributed by atoms with van der Waals surface area (Å²) in [7, 11) is 0. The number of aromatic nitrogens is 1. The van der Waals surface area contributed by atoms with E-state index < -0.39 is 23.9 Å². The minimum atomic E-state index is -0.787. The first kappa shape index (κ1) is 20.0. The maximum Gasteiger partial charge on any atom is 0.355 e. The van der Waals surface area contributed by atoms with Crippen molar-refractivity contribution >= 4 is 34.1 Å². The average Bonchev–Trinajstić information content (AvgIpc) is 2.72. The number of rotatable bonds is 7. The summed E-state index contributed by atoms with van der Waals surface area (Å²) in [6.07, 6.45) is 1.17. The lowest BCUT2D eigenvalue weighted by molar-refractivity contribution is -0.116. The molecule has 0 aliphatic rings. The van der Waals surface area contributed by atoms with Crippen molar-refractivity contribution in [3.63, 3.8) is 0 Å². The zero-order valence-electron chi connectivity index (χ0n) is 15.9. The molecule has 0 radical (unpaired) electrons. The van der Waals surface area contributed by atoms with Gasteiger partial charge in [-0.2, -0.15) is 0 Å². The van der Waals surface area contributed by atoms with Crippen molar-refractivity contribution in [2.24, 2.45) is 0 Å². The Morgan fingerprint density at radius 2 is 1.76 bits per heavy atom. The fourth-order valence-corrected chi connectivity index (χ4v) is 2.80. The molecule has 3 rings (SSSR count). The molecule has 1 heterocycles. The number of carbonyl (C=O) groups excluding carboxylic acids is 3. The maximum absolute atomic E-state index is 12.3. The molecular formula is C22H20N2O5. The number of H-pyrrole nitrogens is 1. The Morgan fingerprint density at radius 1 is 1.03 bits per heavy atom. The molecule has 3 aromatic rings. The quantitative estimate of drug-likeness (QED) is 0.474. The number of hydrogen-bond acceptors (Lipinski definition) is 5. The molecule has 1 amide bonds. The molecule has 7 heteroatoms. The van der Waals surface area contributed by atoms with Gasteiger partial charge < -0.3 is 15.0 Å². The van der Waals surface area contributed by atoms with Gasteiger partial charge in [0.05, 0.1) is 0 Å². The summed E-state index contributed by atoms with van der Waals surface area (Å²) in [6.45, 7) is 1.45. The van der Waals surface area contributed by atoms with Crippen LogP contribution in [-0.4, -0.2) is 29.3 Å². The average molecular weight is 392 g/mol. The summed E-state index contributed by atoms with van der Waals surface area (Å²) >= 11 is 0. The van der Waals surface area contributed by atoms with E-state index in [1.54, 1.807) is 48.5 Å². The van der Waals surface area contributed by atoms with E-state index in [4.69, 9.17) is 4.74 Å². The zero-order valence-corrected chi connectivity index (χ0v) is 15.9. The third-order valence-corrected chi connectivity index (χ3v) is 4.28. The van der Waals surface area contributed by atoms with Crippen LogP contribution in [0.3, 0.4) is 0 Å². The predicted molar refractivity (Wildman–Crippen MR) is 109 cm³/mol. The second-order valence-electron chi connectivity index (χ2n) is 6.47. The van der Waals surface area contributed by atoms with Crippen molar-refractivity contribution in [3.8, 4) is 0 Å². The minimum absolute atomic E-state index is 0.0181. The Kier molecular flexibility index (Phi) is 6.19. The van der Waals surface area contributed by atoms with Gasteiger partial charge in [0.2, 0.25) is 5.91 Å². The molecule has 148 valence electrons. The second-order valence-corrected chi connectivity index (χ2v) is 6.47. The van der Waals surface area contributed by atoms with Crippen LogP contribution in [-0.2, 0) is 9.53 Å². The van der Waals surface area contributed by atoms with Crippen molar-refractivity contribution in [3.05, 3.63) is 76.2 Å². The van der Waals surface area contributed by atoms with E-state index in [9.17, 15) is 19.2 Å². The summed E-state index contributed by atoms with van der Waals surface area (Å²) in [5, 5.41) is 3.80. The number of ether oxygens (including phenoxy) is 1. The lowest BCUT2D eigenvalue weighted by Gasteiger charge is -2.07. The van der Waals surface area contributed by atoms with Crippen LogP contribution in [0.25, 0.3) is 10.8 Å². The number of benzene rings is 2. The van der Waals surface area contributed by atoms with Gasteiger partial charge in [-0.05, 0) is 48.2 Å². The number of anilines is 1. The van der Waals surface area contributed by atoms with Crippen LogP contribution in [0.2, 0.25) is 0 Å². The molecule has 1 aromatic heterocycles. The van der Waals surface area contributed by atoms with Crippen LogP contribution >= 0.6 is 0 Å². The number of hydrogen-bond donors (Lipinski definition) is 2. The van der Waals surface area contributed by atoms with E-state index in [0.717, 1.165) is 6.42 Å². The SMILES string of the molecule is CCCC(=O)Nc1ccc(C(=O)COC(=O)c2cc3ccccc3c(=O)[nH]2)cc1. The highest BCUT2D eigenvalue weighted by molar-refractivity contribution is 6.00.